The molecule has 1 atom stereocenters. The maximum atomic E-state index is 15.1. The summed E-state index contributed by atoms with van der Waals surface area (Å²) in [5, 5.41) is 0. The predicted octanol–water partition coefficient (Wildman–Crippen LogP) is 6.16. The van der Waals surface area contributed by atoms with E-state index in [1.54, 1.807) is 30.3 Å². The summed E-state index contributed by atoms with van der Waals surface area (Å²) < 4.78 is 34.8. The van der Waals surface area contributed by atoms with Gasteiger partial charge in [0, 0.05) is 6.04 Å². The fourth-order valence-electron chi connectivity index (χ4n) is 3.90. The molecule has 1 unspecified atom stereocenters. The molecule has 0 bridgehead atoms. The molecule has 26 heavy (non-hydrogen) atoms. The molecule has 2 aromatic rings. The van der Waals surface area contributed by atoms with Gasteiger partial charge >= 0.3 is 0 Å². The Morgan fingerprint density at radius 2 is 1.73 bits per heavy atom. The lowest BCUT2D eigenvalue weighted by Crippen LogP contribution is -2.27. The van der Waals surface area contributed by atoms with Crippen LogP contribution in [0.3, 0.4) is 0 Å². The molecule has 1 fully saturated rings. The van der Waals surface area contributed by atoms with Crippen molar-refractivity contribution in [2.45, 2.75) is 57.4 Å². The van der Waals surface area contributed by atoms with E-state index in [1.165, 1.54) is 6.07 Å². The molecule has 0 spiro atoms. The minimum absolute atomic E-state index is 0.0630. The molecule has 0 aliphatic heterocycles. The van der Waals surface area contributed by atoms with Gasteiger partial charge in [0.1, 0.15) is 5.75 Å². The molecule has 0 heterocycles. The fourth-order valence-corrected chi connectivity index (χ4v) is 3.90. The lowest BCUT2D eigenvalue weighted by molar-refractivity contribution is 0.288. The molecule has 0 radical (unpaired) electrons. The molecule has 1 aliphatic carbocycles. The van der Waals surface area contributed by atoms with Gasteiger partial charge in [0.05, 0.1) is 0 Å². The van der Waals surface area contributed by atoms with E-state index >= 15 is 4.39 Å². The van der Waals surface area contributed by atoms with Gasteiger partial charge in [-0.05, 0) is 74.1 Å². The Balaban J connectivity index is 1.80. The van der Waals surface area contributed by atoms with E-state index in [9.17, 15) is 4.39 Å². The summed E-state index contributed by atoms with van der Waals surface area (Å²) in [5.41, 5.74) is 6.54. The number of halogens is 2. The first-order valence-electron chi connectivity index (χ1n) is 9.54. The first-order chi connectivity index (χ1) is 12.6. The summed E-state index contributed by atoms with van der Waals surface area (Å²) >= 11 is 0. The fraction of sp³-hybridized carbons (Fsp3) is 0.455. The van der Waals surface area contributed by atoms with Crippen molar-refractivity contribution in [3.8, 4) is 11.5 Å². The van der Waals surface area contributed by atoms with Gasteiger partial charge in [-0.1, -0.05) is 31.2 Å². The smallest absolute Gasteiger partial charge is 0.198 e. The monoisotopic (exact) mass is 359 g/mol. The van der Waals surface area contributed by atoms with Crippen molar-refractivity contribution in [3.05, 3.63) is 59.7 Å². The van der Waals surface area contributed by atoms with E-state index in [0.29, 0.717) is 23.3 Å². The zero-order valence-electron chi connectivity index (χ0n) is 15.3. The molecule has 4 heteroatoms. The summed E-state index contributed by atoms with van der Waals surface area (Å²) in [7, 11) is 0. The molecule has 0 aromatic heterocycles. The number of para-hydroxylation sites is 1. The van der Waals surface area contributed by atoms with Crippen LogP contribution >= 0.6 is 0 Å². The Labute approximate surface area is 154 Å². The summed E-state index contributed by atoms with van der Waals surface area (Å²) in [6.45, 7) is 2.06. The number of benzene rings is 2. The maximum Gasteiger partial charge on any atom is 0.198 e. The van der Waals surface area contributed by atoms with Gasteiger partial charge in [-0.25, -0.2) is 8.78 Å². The van der Waals surface area contributed by atoms with Crippen molar-refractivity contribution in [2.24, 2.45) is 11.7 Å². The summed E-state index contributed by atoms with van der Waals surface area (Å²) in [6.07, 6.45) is 5.98. The largest absolute Gasteiger partial charge is 0.451 e. The van der Waals surface area contributed by atoms with E-state index in [0.717, 1.165) is 38.5 Å². The summed E-state index contributed by atoms with van der Waals surface area (Å²) in [4.78, 5) is 0. The number of ether oxygens (including phenoxy) is 1. The topological polar surface area (TPSA) is 35.2 Å². The Kier molecular flexibility index (Phi) is 6.25. The zero-order chi connectivity index (χ0) is 18.5. The van der Waals surface area contributed by atoms with Gasteiger partial charge in [-0.2, -0.15) is 0 Å². The Bertz CT molecular complexity index is 712. The number of hydrogen-bond acceptors (Lipinski definition) is 2. The van der Waals surface area contributed by atoms with Crippen molar-refractivity contribution in [3.63, 3.8) is 0 Å². The minimum atomic E-state index is -0.673. The Hall–Kier alpha value is -1.94. The Morgan fingerprint density at radius 3 is 2.38 bits per heavy atom. The van der Waals surface area contributed by atoms with Crippen LogP contribution in [-0.2, 0) is 0 Å². The van der Waals surface area contributed by atoms with Gasteiger partial charge in [-0.3, -0.25) is 0 Å². The third kappa shape index (κ3) is 4.42. The van der Waals surface area contributed by atoms with Crippen molar-refractivity contribution in [2.75, 3.05) is 0 Å². The summed E-state index contributed by atoms with van der Waals surface area (Å²) in [5.74, 6) is -0.507. The first kappa shape index (κ1) is 18.8. The van der Waals surface area contributed by atoms with Gasteiger partial charge < -0.3 is 10.5 Å². The second-order valence-corrected chi connectivity index (χ2v) is 7.32. The molecular weight excluding hydrogens is 332 g/mol. The number of nitrogens with two attached hydrogens (primary N) is 1. The van der Waals surface area contributed by atoms with Crippen LogP contribution < -0.4 is 10.5 Å². The molecular formula is C22H27F2NO. The SMILES string of the molecule is CCC(CC1CCC(N)CC1)c1ccc(F)c(Oc2ccccc2)c1F. The molecule has 0 amide bonds. The van der Waals surface area contributed by atoms with Crippen LogP contribution in [0.5, 0.6) is 11.5 Å². The van der Waals surface area contributed by atoms with Crippen molar-refractivity contribution < 1.29 is 13.5 Å². The maximum absolute atomic E-state index is 15.1. The highest BCUT2D eigenvalue weighted by Crippen LogP contribution is 2.38. The number of hydrogen-bond donors (Lipinski definition) is 1. The average Bonchev–Trinajstić information content (AvgIpc) is 2.66. The van der Waals surface area contributed by atoms with Crippen molar-refractivity contribution >= 4 is 0 Å². The normalized spacial score (nSPS) is 21.4. The summed E-state index contributed by atoms with van der Waals surface area (Å²) in [6, 6.07) is 12.0. The molecule has 2 nitrogen and oxygen atoms in total. The van der Waals surface area contributed by atoms with E-state index in [2.05, 4.69) is 6.92 Å². The number of rotatable bonds is 6. The predicted molar refractivity (Wildman–Crippen MR) is 100 cm³/mol. The molecule has 3 rings (SSSR count). The van der Waals surface area contributed by atoms with Crippen LogP contribution in [0.4, 0.5) is 8.78 Å². The molecule has 2 aromatic carbocycles. The third-order valence-electron chi connectivity index (χ3n) is 5.48. The van der Waals surface area contributed by atoms with Gasteiger partial charge in [-0.15, -0.1) is 0 Å². The average molecular weight is 359 g/mol. The van der Waals surface area contributed by atoms with E-state index in [4.69, 9.17) is 10.5 Å². The lowest BCUT2D eigenvalue weighted by Gasteiger charge is -2.29. The van der Waals surface area contributed by atoms with Crippen molar-refractivity contribution in [1.82, 2.24) is 0 Å². The van der Waals surface area contributed by atoms with Gasteiger partial charge in [0.2, 0.25) is 0 Å². The van der Waals surface area contributed by atoms with Crippen LogP contribution in [0.2, 0.25) is 0 Å². The Morgan fingerprint density at radius 1 is 1.04 bits per heavy atom. The highest BCUT2D eigenvalue weighted by Gasteiger charge is 2.26. The van der Waals surface area contributed by atoms with E-state index in [-0.39, 0.29) is 11.7 Å². The van der Waals surface area contributed by atoms with Crippen molar-refractivity contribution in [1.29, 1.82) is 0 Å². The standard InChI is InChI=1S/C22H27F2NO/c1-2-16(14-15-8-10-17(25)11-9-15)19-12-13-20(23)22(21(19)24)26-18-6-4-3-5-7-18/h3-7,12-13,15-17H,2,8-11,14,25H2,1H3. The minimum Gasteiger partial charge on any atom is -0.451 e. The van der Waals surface area contributed by atoms with Crippen LogP contribution in [0.15, 0.2) is 42.5 Å². The first-order valence-corrected chi connectivity index (χ1v) is 9.54. The van der Waals surface area contributed by atoms with Gasteiger partial charge in [0.25, 0.3) is 0 Å². The second-order valence-electron chi connectivity index (χ2n) is 7.32. The highest BCUT2D eigenvalue weighted by atomic mass is 19.1. The molecule has 2 N–H and O–H groups in total. The molecule has 1 saturated carbocycles. The quantitative estimate of drug-likeness (QED) is 0.670. The van der Waals surface area contributed by atoms with E-state index in [1.807, 2.05) is 6.07 Å². The molecule has 1 aliphatic rings. The molecule has 140 valence electrons. The zero-order valence-corrected chi connectivity index (χ0v) is 15.3. The van der Waals surface area contributed by atoms with Crippen LogP contribution in [-0.4, -0.2) is 6.04 Å². The van der Waals surface area contributed by atoms with Gasteiger partial charge in [0.15, 0.2) is 17.4 Å². The third-order valence-corrected chi connectivity index (χ3v) is 5.48. The lowest BCUT2D eigenvalue weighted by atomic mass is 9.78. The van der Waals surface area contributed by atoms with E-state index < -0.39 is 11.6 Å². The van der Waals surface area contributed by atoms with Crippen LogP contribution in [0.25, 0.3) is 0 Å². The molecule has 0 saturated heterocycles. The van der Waals surface area contributed by atoms with Crippen LogP contribution in [0.1, 0.15) is 56.9 Å². The second kappa shape index (κ2) is 8.63. The highest BCUT2D eigenvalue weighted by molar-refractivity contribution is 5.38. The van der Waals surface area contributed by atoms with Crippen LogP contribution in [0, 0.1) is 17.6 Å².